The van der Waals surface area contributed by atoms with Crippen molar-refractivity contribution in [2.24, 2.45) is 0 Å². The molecule has 0 atom stereocenters. The number of carbonyl (C=O) groups is 1. The molecule has 0 fully saturated rings. The van der Waals surface area contributed by atoms with Crippen LogP contribution in [0.4, 0.5) is 0 Å². The van der Waals surface area contributed by atoms with E-state index in [0.29, 0.717) is 0 Å². The topological polar surface area (TPSA) is 74.4 Å². The van der Waals surface area contributed by atoms with Crippen molar-refractivity contribution in [3.05, 3.63) is 71.3 Å². The fraction of sp³-hybridized carbons (Fsp3) is 0. The van der Waals surface area contributed by atoms with Crippen molar-refractivity contribution in [1.29, 1.82) is 0 Å². The summed E-state index contributed by atoms with van der Waals surface area (Å²) in [5.74, 6) is 0. The van der Waals surface area contributed by atoms with Crippen LogP contribution >= 0.6 is 0 Å². The molecule has 134 valence electrons. The molecule has 0 radical (unpaired) electrons. The summed E-state index contributed by atoms with van der Waals surface area (Å²) in [7, 11) is 0. The molecule has 6 heteroatoms. The van der Waals surface area contributed by atoms with Crippen LogP contribution in [-0.4, -0.2) is 26.7 Å². The van der Waals surface area contributed by atoms with E-state index in [1.165, 1.54) is 0 Å². The molecular formula is C21H16N4ORu. The minimum absolute atomic E-state index is 0. The Morgan fingerprint density at radius 3 is 1.30 bits per heavy atom. The van der Waals surface area contributed by atoms with Gasteiger partial charge in [-0.25, -0.2) is 9.97 Å². The second kappa shape index (κ2) is 8.06. The Kier molecular flexibility index (Phi) is 5.58. The number of aromatic nitrogens is 4. The largest absolute Gasteiger partial charge is 0.355 e. The van der Waals surface area contributed by atoms with Gasteiger partial charge in [0.25, 0.3) is 0 Å². The van der Waals surface area contributed by atoms with E-state index in [0.717, 1.165) is 44.8 Å². The Balaban J connectivity index is 0.000000680. The molecule has 3 aromatic rings. The third-order valence-electron chi connectivity index (χ3n) is 4.04. The number of rotatable bonds is 0. The molecule has 0 aliphatic carbocycles. The standard InChI is InChI=1S/C20H14N4.CH2O.Ru/c1-2-14-10-16-5-6-18(23-16)12-20-8-7-19(24-20)11-17-4-3-15(22-17)9-13(1)21-14;1-2;/h1-12,21-22H;1H2;. The zero-order chi connectivity index (χ0) is 17.9. The third-order valence-corrected chi connectivity index (χ3v) is 4.04. The van der Waals surface area contributed by atoms with Gasteiger partial charge in [-0.15, -0.1) is 0 Å². The number of hydrogen-bond acceptors (Lipinski definition) is 3. The summed E-state index contributed by atoms with van der Waals surface area (Å²) in [4.78, 5) is 24.0. The Morgan fingerprint density at radius 1 is 0.556 bits per heavy atom. The van der Waals surface area contributed by atoms with Crippen molar-refractivity contribution in [1.82, 2.24) is 19.9 Å². The molecule has 27 heavy (non-hydrogen) atoms. The van der Waals surface area contributed by atoms with Gasteiger partial charge in [0.15, 0.2) is 0 Å². The zero-order valence-corrected chi connectivity index (χ0v) is 16.0. The molecular weight excluding hydrogens is 425 g/mol. The van der Waals surface area contributed by atoms with E-state index < -0.39 is 0 Å². The monoisotopic (exact) mass is 442 g/mol. The number of hydrogen-bond donors (Lipinski definition) is 2. The molecule has 2 aliphatic heterocycles. The van der Waals surface area contributed by atoms with Gasteiger partial charge in [0.2, 0.25) is 0 Å². The van der Waals surface area contributed by atoms with E-state index in [2.05, 4.69) is 50.3 Å². The molecule has 8 bridgehead atoms. The van der Waals surface area contributed by atoms with E-state index in [4.69, 9.17) is 4.79 Å². The van der Waals surface area contributed by atoms with Gasteiger partial charge in [0.05, 0.1) is 22.8 Å². The molecule has 5 nitrogen and oxygen atoms in total. The van der Waals surface area contributed by atoms with Gasteiger partial charge in [-0.1, -0.05) is 0 Å². The number of nitrogens with one attached hydrogen (secondary N) is 2. The van der Waals surface area contributed by atoms with E-state index in [1.807, 2.05) is 49.3 Å². The number of H-pyrrole nitrogens is 2. The van der Waals surface area contributed by atoms with Crippen LogP contribution in [0.1, 0.15) is 22.8 Å². The smallest absolute Gasteiger partial charge is 0.106 e. The third kappa shape index (κ3) is 4.18. The first-order valence-electron chi connectivity index (χ1n) is 8.14. The van der Waals surface area contributed by atoms with Gasteiger partial charge < -0.3 is 14.8 Å². The molecule has 2 N–H and O–H groups in total. The van der Waals surface area contributed by atoms with Crippen molar-refractivity contribution in [3.63, 3.8) is 0 Å². The molecule has 0 spiro atoms. The molecule has 5 rings (SSSR count). The fourth-order valence-corrected chi connectivity index (χ4v) is 2.94. The van der Waals surface area contributed by atoms with E-state index in [1.54, 1.807) is 0 Å². The van der Waals surface area contributed by atoms with E-state index in [-0.39, 0.29) is 19.5 Å². The second-order valence-corrected chi connectivity index (χ2v) is 5.91. The molecule has 0 saturated heterocycles. The SMILES string of the molecule is C1=Cc2cc3ccc(cc4ccc(cc5nc(cc1n2)C=C5)[nH]4)[nH]3.C=O.[Ru]. The summed E-state index contributed by atoms with van der Waals surface area (Å²) in [5, 5.41) is 0. The van der Waals surface area contributed by atoms with Gasteiger partial charge in [-0.05, 0) is 72.8 Å². The van der Waals surface area contributed by atoms with Crippen molar-refractivity contribution < 1.29 is 24.3 Å². The fourth-order valence-electron chi connectivity index (χ4n) is 2.94. The Morgan fingerprint density at radius 2 is 0.889 bits per heavy atom. The van der Waals surface area contributed by atoms with Crippen molar-refractivity contribution >= 4 is 53.2 Å². The van der Waals surface area contributed by atoms with Crippen LogP contribution in [-0.2, 0) is 24.3 Å². The van der Waals surface area contributed by atoms with Crippen LogP contribution in [0, 0.1) is 0 Å². The summed E-state index contributed by atoms with van der Waals surface area (Å²) < 4.78 is 0. The summed E-state index contributed by atoms with van der Waals surface area (Å²) in [6.07, 6.45) is 8.05. The summed E-state index contributed by atoms with van der Waals surface area (Å²) >= 11 is 0. The van der Waals surface area contributed by atoms with Crippen LogP contribution in [0.25, 0.3) is 46.4 Å². The van der Waals surface area contributed by atoms with Gasteiger partial charge in [-0.2, -0.15) is 0 Å². The maximum absolute atomic E-state index is 8.00. The van der Waals surface area contributed by atoms with Crippen LogP contribution in [0.2, 0.25) is 0 Å². The Labute approximate surface area is 168 Å². The molecule has 0 unspecified atom stereocenters. The molecule has 0 amide bonds. The van der Waals surface area contributed by atoms with Gasteiger partial charge in [0.1, 0.15) is 6.79 Å². The first-order valence-corrected chi connectivity index (χ1v) is 8.14. The van der Waals surface area contributed by atoms with Gasteiger partial charge >= 0.3 is 0 Å². The first kappa shape index (κ1) is 18.7. The van der Waals surface area contributed by atoms with Crippen LogP contribution in [0.15, 0.2) is 48.5 Å². The molecule has 0 aromatic carbocycles. The Hall–Kier alpha value is -3.11. The predicted molar refractivity (Wildman–Crippen MR) is 106 cm³/mol. The minimum Gasteiger partial charge on any atom is -0.355 e. The maximum Gasteiger partial charge on any atom is 0.106 e. The molecule has 5 heterocycles. The normalized spacial score (nSPS) is 11.4. The van der Waals surface area contributed by atoms with Crippen LogP contribution in [0.5, 0.6) is 0 Å². The van der Waals surface area contributed by atoms with Crippen LogP contribution in [0.3, 0.4) is 0 Å². The average molecular weight is 441 g/mol. The first-order chi connectivity index (χ1) is 12.8. The van der Waals surface area contributed by atoms with Crippen molar-refractivity contribution in [2.45, 2.75) is 0 Å². The number of aromatic amines is 2. The number of nitrogens with zero attached hydrogens (tertiary/aromatic N) is 2. The number of fused-ring (bicyclic) bond motifs is 8. The second-order valence-electron chi connectivity index (χ2n) is 5.91. The Bertz CT molecular complexity index is 1100. The summed E-state index contributed by atoms with van der Waals surface area (Å²) in [5.41, 5.74) is 7.86. The van der Waals surface area contributed by atoms with Gasteiger partial charge in [0, 0.05) is 41.5 Å². The quantitative estimate of drug-likeness (QED) is 0.348. The van der Waals surface area contributed by atoms with Crippen LogP contribution < -0.4 is 0 Å². The molecule has 0 saturated carbocycles. The summed E-state index contributed by atoms with van der Waals surface area (Å²) in [6.45, 7) is 2.00. The predicted octanol–water partition coefficient (Wildman–Crippen LogP) is 4.47. The average Bonchev–Trinajstić information content (AvgIpc) is 3.42. The van der Waals surface area contributed by atoms with Crippen molar-refractivity contribution in [2.75, 3.05) is 0 Å². The number of carbonyl (C=O) groups excluding carboxylic acids is 1. The summed E-state index contributed by atoms with van der Waals surface area (Å²) in [6, 6.07) is 16.4. The molecule has 3 aromatic heterocycles. The molecule has 2 aliphatic rings. The van der Waals surface area contributed by atoms with Crippen molar-refractivity contribution in [3.8, 4) is 0 Å². The van der Waals surface area contributed by atoms with E-state index in [9.17, 15) is 0 Å². The maximum atomic E-state index is 8.00. The minimum atomic E-state index is 0. The van der Waals surface area contributed by atoms with Gasteiger partial charge in [-0.3, -0.25) is 0 Å². The zero-order valence-electron chi connectivity index (χ0n) is 14.3. The van der Waals surface area contributed by atoms with E-state index >= 15 is 0 Å².